The molecule has 2 heterocycles. The standard InChI is InChI=1S/C13H16N4O2/c1-9-6-16-17(8-9)4-3-14-12-5-10(2)15-7-11(12)13(18)19/h5-8H,3-4H2,1-2H3,(H,14,15)(H,18,19). The van der Waals surface area contributed by atoms with E-state index in [4.69, 9.17) is 5.11 Å². The number of aryl methyl sites for hydroxylation is 2. The lowest BCUT2D eigenvalue weighted by Crippen LogP contribution is -2.13. The average Bonchev–Trinajstić information content (AvgIpc) is 2.75. The van der Waals surface area contributed by atoms with Crippen molar-refractivity contribution in [2.24, 2.45) is 0 Å². The third-order valence-electron chi connectivity index (χ3n) is 2.69. The maximum atomic E-state index is 11.1. The molecule has 0 saturated heterocycles. The Morgan fingerprint density at radius 1 is 1.42 bits per heavy atom. The number of carbonyl (C=O) groups is 1. The minimum Gasteiger partial charge on any atom is -0.478 e. The van der Waals surface area contributed by atoms with E-state index in [1.54, 1.807) is 12.3 Å². The number of nitrogens with zero attached hydrogens (tertiary/aromatic N) is 3. The van der Waals surface area contributed by atoms with Crippen molar-refractivity contribution < 1.29 is 9.90 Å². The van der Waals surface area contributed by atoms with Crippen LogP contribution in [0.25, 0.3) is 0 Å². The Morgan fingerprint density at radius 3 is 2.84 bits per heavy atom. The first-order valence-corrected chi connectivity index (χ1v) is 5.99. The molecule has 0 atom stereocenters. The molecule has 6 heteroatoms. The van der Waals surface area contributed by atoms with Crippen LogP contribution in [0.3, 0.4) is 0 Å². The number of rotatable bonds is 5. The molecule has 0 aromatic carbocycles. The first-order chi connectivity index (χ1) is 9.06. The normalized spacial score (nSPS) is 10.4. The lowest BCUT2D eigenvalue weighted by atomic mass is 10.2. The molecule has 0 aliphatic carbocycles. The fourth-order valence-corrected chi connectivity index (χ4v) is 1.77. The molecule has 6 nitrogen and oxygen atoms in total. The Labute approximate surface area is 111 Å². The summed E-state index contributed by atoms with van der Waals surface area (Å²) >= 11 is 0. The quantitative estimate of drug-likeness (QED) is 0.855. The molecule has 0 saturated carbocycles. The first kappa shape index (κ1) is 13.1. The van der Waals surface area contributed by atoms with Crippen LogP contribution in [0, 0.1) is 13.8 Å². The van der Waals surface area contributed by atoms with Crippen LogP contribution in [-0.4, -0.2) is 32.4 Å². The lowest BCUT2D eigenvalue weighted by Gasteiger charge is -2.10. The van der Waals surface area contributed by atoms with Gasteiger partial charge in [0, 0.05) is 24.6 Å². The van der Waals surface area contributed by atoms with Gasteiger partial charge >= 0.3 is 5.97 Å². The smallest absolute Gasteiger partial charge is 0.339 e. The van der Waals surface area contributed by atoms with Crippen LogP contribution in [0.4, 0.5) is 5.69 Å². The number of aromatic nitrogens is 3. The van der Waals surface area contributed by atoms with Gasteiger partial charge in [-0.15, -0.1) is 0 Å². The molecule has 19 heavy (non-hydrogen) atoms. The van der Waals surface area contributed by atoms with Crippen molar-refractivity contribution in [1.29, 1.82) is 0 Å². The number of hydrogen-bond donors (Lipinski definition) is 2. The molecule has 2 rings (SSSR count). The van der Waals surface area contributed by atoms with Crippen molar-refractivity contribution in [2.45, 2.75) is 20.4 Å². The first-order valence-electron chi connectivity index (χ1n) is 5.99. The van der Waals surface area contributed by atoms with Crippen LogP contribution >= 0.6 is 0 Å². The molecule has 0 unspecified atom stereocenters. The summed E-state index contributed by atoms with van der Waals surface area (Å²) in [6.07, 6.45) is 5.11. The zero-order valence-corrected chi connectivity index (χ0v) is 10.9. The molecule has 0 aliphatic heterocycles. The van der Waals surface area contributed by atoms with Crippen molar-refractivity contribution in [1.82, 2.24) is 14.8 Å². The number of hydrogen-bond acceptors (Lipinski definition) is 4. The van der Waals surface area contributed by atoms with Crippen molar-refractivity contribution in [2.75, 3.05) is 11.9 Å². The molecule has 0 radical (unpaired) electrons. The Morgan fingerprint density at radius 2 is 2.21 bits per heavy atom. The van der Waals surface area contributed by atoms with E-state index in [1.165, 1.54) is 6.20 Å². The third kappa shape index (κ3) is 3.31. The highest BCUT2D eigenvalue weighted by Gasteiger charge is 2.10. The molecule has 2 aromatic rings. The van der Waals surface area contributed by atoms with Gasteiger partial charge in [-0.25, -0.2) is 4.79 Å². The van der Waals surface area contributed by atoms with Crippen LogP contribution in [0.1, 0.15) is 21.6 Å². The summed E-state index contributed by atoms with van der Waals surface area (Å²) in [5.41, 5.74) is 2.65. The number of carboxylic acid groups (broad SMARTS) is 1. The van der Waals surface area contributed by atoms with E-state index in [0.717, 1.165) is 11.3 Å². The molecule has 0 spiro atoms. The van der Waals surface area contributed by atoms with Gasteiger partial charge in [0.15, 0.2) is 0 Å². The monoisotopic (exact) mass is 260 g/mol. The Bertz CT molecular complexity index is 592. The molecule has 0 fully saturated rings. The van der Waals surface area contributed by atoms with Gasteiger partial charge < -0.3 is 10.4 Å². The van der Waals surface area contributed by atoms with Gasteiger partial charge in [0.05, 0.1) is 18.4 Å². The molecule has 0 bridgehead atoms. The summed E-state index contributed by atoms with van der Waals surface area (Å²) in [6.45, 7) is 5.08. The second-order valence-corrected chi connectivity index (χ2v) is 4.38. The van der Waals surface area contributed by atoms with E-state index in [9.17, 15) is 4.79 Å². The van der Waals surface area contributed by atoms with Gasteiger partial charge in [-0.1, -0.05) is 0 Å². The van der Waals surface area contributed by atoms with Crippen molar-refractivity contribution in [3.8, 4) is 0 Å². The van der Waals surface area contributed by atoms with Gasteiger partial charge in [0.2, 0.25) is 0 Å². The minimum atomic E-state index is -0.982. The summed E-state index contributed by atoms with van der Waals surface area (Å²) in [7, 11) is 0. The number of pyridine rings is 1. The Kier molecular flexibility index (Phi) is 3.79. The fraction of sp³-hybridized carbons (Fsp3) is 0.308. The van der Waals surface area contributed by atoms with Crippen molar-refractivity contribution in [3.05, 3.63) is 41.5 Å². The van der Waals surface area contributed by atoms with Crippen LogP contribution in [0.2, 0.25) is 0 Å². The van der Waals surface area contributed by atoms with Crippen molar-refractivity contribution >= 4 is 11.7 Å². The predicted octanol–water partition coefficient (Wildman–Crippen LogP) is 1.71. The minimum absolute atomic E-state index is 0.183. The second-order valence-electron chi connectivity index (χ2n) is 4.38. The molecule has 0 aliphatic rings. The topological polar surface area (TPSA) is 80.0 Å². The zero-order chi connectivity index (χ0) is 13.8. The summed E-state index contributed by atoms with van der Waals surface area (Å²) in [5, 5.41) is 16.4. The highest BCUT2D eigenvalue weighted by Crippen LogP contribution is 2.15. The number of nitrogens with one attached hydrogen (secondary N) is 1. The zero-order valence-electron chi connectivity index (χ0n) is 10.9. The summed E-state index contributed by atoms with van der Waals surface area (Å²) in [5.74, 6) is -0.982. The van der Waals surface area contributed by atoms with Gasteiger partial charge in [-0.2, -0.15) is 5.10 Å². The average molecular weight is 260 g/mol. The highest BCUT2D eigenvalue weighted by atomic mass is 16.4. The van der Waals surface area contributed by atoms with Crippen LogP contribution in [0.5, 0.6) is 0 Å². The van der Waals surface area contributed by atoms with E-state index in [1.807, 2.05) is 24.7 Å². The summed E-state index contributed by atoms with van der Waals surface area (Å²) in [6, 6.07) is 1.73. The SMILES string of the molecule is Cc1cnn(CCNc2cc(C)ncc2C(=O)O)c1. The molecule has 0 amide bonds. The van der Waals surface area contributed by atoms with E-state index in [0.29, 0.717) is 18.8 Å². The molecule has 100 valence electrons. The van der Waals surface area contributed by atoms with Gasteiger partial charge in [-0.05, 0) is 25.5 Å². The van der Waals surface area contributed by atoms with E-state index < -0.39 is 5.97 Å². The number of anilines is 1. The Balaban J connectivity index is 2.02. The van der Waals surface area contributed by atoms with Crippen molar-refractivity contribution in [3.63, 3.8) is 0 Å². The summed E-state index contributed by atoms with van der Waals surface area (Å²) in [4.78, 5) is 15.1. The van der Waals surface area contributed by atoms with E-state index in [2.05, 4.69) is 15.4 Å². The Hall–Kier alpha value is -2.37. The predicted molar refractivity (Wildman–Crippen MR) is 71.4 cm³/mol. The third-order valence-corrected chi connectivity index (χ3v) is 2.69. The van der Waals surface area contributed by atoms with Crippen LogP contribution in [0.15, 0.2) is 24.7 Å². The van der Waals surface area contributed by atoms with E-state index >= 15 is 0 Å². The lowest BCUT2D eigenvalue weighted by molar-refractivity contribution is 0.0697. The van der Waals surface area contributed by atoms with E-state index in [-0.39, 0.29) is 5.56 Å². The number of aromatic carboxylic acids is 1. The molecular weight excluding hydrogens is 244 g/mol. The second kappa shape index (κ2) is 5.51. The van der Waals surface area contributed by atoms with Gasteiger partial charge in [-0.3, -0.25) is 9.67 Å². The van der Waals surface area contributed by atoms with Crippen LogP contribution < -0.4 is 5.32 Å². The summed E-state index contributed by atoms with van der Waals surface area (Å²) < 4.78 is 1.82. The fourth-order valence-electron chi connectivity index (χ4n) is 1.77. The molecular formula is C13H16N4O2. The molecule has 2 N–H and O–H groups in total. The van der Waals surface area contributed by atoms with Crippen LogP contribution in [-0.2, 0) is 6.54 Å². The largest absolute Gasteiger partial charge is 0.478 e. The number of carboxylic acids is 1. The highest BCUT2D eigenvalue weighted by molar-refractivity contribution is 5.93. The maximum absolute atomic E-state index is 11.1. The van der Waals surface area contributed by atoms with Gasteiger partial charge in [0.25, 0.3) is 0 Å². The van der Waals surface area contributed by atoms with Gasteiger partial charge in [0.1, 0.15) is 5.56 Å². The molecule has 2 aromatic heterocycles. The maximum Gasteiger partial charge on any atom is 0.339 e.